The van der Waals surface area contributed by atoms with Crippen molar-refractivity contribution in [2.24, 2.45) is 0 Å². The van der Waals surface area contributed by atoms with Gasteiger partial charge in [-0.1, -0.05) is 146 Å². The number of fused-ring (bicyclic) bond motifs is 3. The Labute approximate surface area is 275 Å². The molecule has 0 heterocycles. The summed E-state index contributed by atoms with van der Waals surface area (Å²) in [5.74, 6) is 0. The lowest BCUT2D eigenvalue weighted by molar-refractivity contribution is 0.768. The van der Waals surface area contributed by atoms with Gasteiger partial charge in [-0.15, -0.1) is 0 Å². The zero-order valence-corrected chi connectivity index (χ0v) is 25.6. The van der Waals surface area contributed by atoms with E-state index in [1.165, 1.54) is 0 Å². The van der Waals surface area contributed by atoms with Crippen molar-refractivity contribution in [1.29, 1.82) is 10.5 Å². The molecule has 47 heavy (non-hydrogen) atoms. The SMILES string of the molecule is N#Cc1cccc2c1-c1ccc(-c3cc(-c4ccccc4)c(C#N)c(-c4ccccc4)c3)cc1C2(c1ccccc1)c1ccccc1. The van der Waals surface area contributed by atoms with Gasteiger partial charge in [0.05, 0.1) is 22.6 Å². The van der Waals surface area contributed by atoms with Crippen molar-refractivity contribution in [1.82, 2.24) is 0 Å². The average Bonchev–Trinajstić information content (AvgIpc) is 3.46. The Morgan fingerprint density at radius 3 is 1.43 bits per heavy atom. The molecule has 0 spiro atoms. The van der Waals surface area contributed by atoms with Crippen LogP contribution in [0.2, 0.25) is 0 Å². The van der Waals surface area contributed by atoms with Crippen LogP contribution in [0, 0.1) is 22.7 Å². The Balaban J connectivity index is 1.46. The van der Waals surface area contributed by atoms with Crippen molar-refractivity contribution in [2.45, 2.75) is 5.41 Å². The van der Waals surface area contributed by atoms with Crippen molar-refractivity contribution in [2.75, 3.05) is 0 Å². The Morgan fingerprint density at radius 2 is 0.915 bits per heavy atom. The van der Waals surface area contributed by atoms with E-state index in [-0.39, 0.29) is 0 Å². The molecule has 0 aliphatic heterocycles. The molecule has 8 rings (SSSR count). The first kappa shape index (κ1) is 28.0. The molecule has 7 aromatic carbocycles. The van der Waals surface area contributed by atoms with Crippen LogP contribution in [-0.2, 0) is 5.41 Å². The summed E-state index contributed by atoms with van der Waals surface area (Å²) in [6.45, 7) is 0. The Morgan fingerprint density at radius 1 is 0.383 bits per heavy atom. The summed E-state index contributed by atoms with van der Waals surface area (Å²) in [6.07, 6.45) is 0. The smallest absolute Gasteiger partial charge is 0.100 e. The van der Waals surface area contributed by atoms with Gasteiger partial charge in [-0.05, 0) is 74.3 Å². The van der Waals surface area contributed by atoms with E-state index in [2.05, 4.69) is 121 Å². The summed E-state index contributed by atoms with van der Waals surface area (Å²) in [4.78, 5) is 0. The monoisotopic (exact) mass is 596 g/mol. The Kier molecular flexibility index (Phi) is 6.84. The highest BCUT2D eigenvalue weighted by atomic mass is 14.5. The summed E-state index contributed by atoms with van der Waals surface area (Å²) >= 11 is 0. The first-order valence-corrected chi connectivity index (χ1v) is 15.7. The van der Waals surface area contributed by atoms with Gasteiger partial charge in [-0.3, -0.25) is 0 Å². The predicted octanol–water partition coefficient (Wildman–Crippen LogP) is 10.8. The molecular formula is C45H28N2. The lowest BCUT2D eigenvalue weighted by atomic mass is 9.67. The van der Waals surface area contributed by atoms with E-state index in [0.717, 1.165) is 66.8 Å². The Bertz CT molecular complexity index is 2240. The van der Waals surface area contributed by atoms with Crippen LogP contribution in [0.4, 0.5) is 0 Å². The van der Waals surface area contributed by atoms with E-state index in [1.807, 2.05) is 60.7 Å². The second-order valence-corrected chi connectivity index (χ2v) is 11.9. The summed E-state index contributed by atoms with van der Waals surface area (Å²) in [7, 11) is 0. The van der Waals surface area contributed by atoms with Gasteiger partial charge >= 0.3 is 0 Å². The minimum absolute atomic E-state index is 0.632. The van der Waals surface area contributed by atoms with E-state index in [4.69, 9.17) is 0 Å². The van der Waals surface area contributed by atoms with Gasteiger partial charge in [0.1, 0.15) is 6.07 Å². The normalized spacial score (nSPS) is 12.4. The number of hydrogen-bond donors (Lipinski definition) is 0. The van der Waals surface area contributed by atoms with E-state index in [9.17, 15) is 10.5 Å². The predicted molar refractivity (Wildman–Crippen MR) is 189 cm³/mol. The molecule has 2 heteroatoms. The van der Waals surface area contributed by atoms with Crippen LogP contribution in [0.1, 0.15) is 33.4 Å². The van der Waals surface area contributed by atoms with Crippen molar-refractivity contribution < 1.29 is 0 Å². The van der Waals surface area contributed by atoms with Crippen LogP contribution in [0.5, 0.6) is 0 Å². The molecule has 2 nitrogen and oxygen atoms in total. The molecule has 0 saturated carbocycles. The highest BCUT2D eigenvalue weighted by molar-refractivity contribution is 5.93. The number of hydrogen-bond acceptors (Lipinski definition) is 2. The van der Waals surface area contributed by atoms with Crippen LogP contribution in [0.3, 0.4) is 0 Å². The maximum Gasteiger partial charge on any atom is 0.100 e. The molecule has 0 unspecified atom stereocenters. The van der Waals surface area contributed by atoms with Crippen molar-refractivity contribution in [3.8, 4) is 56.6 Å². The summed E-state index contributed by atoms with van der Waals surface area (Å²) in [5.41, 5.74) is 13.1. The number of nitrogens with zero attached hydrogens (tertiary/aromatic N) is 2. The summed E-state index contributed by atoms with van der Waals surface area (Å²) in [6, 6.07) is 63.6. The fraction of sp³-hybridized carbons (Fsp3) is 0.0222. The number of nitriles is 2. The second kappa shape index (κ2) is 11.5. The number of benzene rings is 7. The highest BCUT2D eigenvalue weighted by Gasteiger charge is 2.47. The van der Waals surface area contributed by atoms with Gasteiger partial charge in [-0.25, -0.2) is 0 Å². The first-order chi connectivity index (χ1) is 23.2. The van der Waals surface area contributed by atoms with Crippen molar-refractivity contribution in [3.63, 3.8) is 0 Å². The van der Waals surface area contributed by atoms with Crippen LogP contribution in [-0.4, -0.2) is 0 Å². The standard InChI is InChI=1S/C45H28N2/c46-29-34-18-13-23-42-44(34)38-25-24-33(28-43(38)45(42,36-19-9-3-10-20-36)37-21-11-4-12-22-37)35-26-39(31-14-5-1-6-15-31)41(30-47)40(27-35)32-16-7-2-8-17-32/h1-28H. The van der Waals surface area contributed by atoms with Gasteiger partial charge in [-0.2, -0.15) is 10.5 Å². The third-order valence-corrected chi connectivity index (χ3v) is 9.45. The highest BCUT2D eigenvalue weighted by Crippen LogP contribution is 2.57. The van der Waals surface area contributed by atoms with E-state index >= 15 is 0 Å². The van der Waals surface area contributed by atoms with Crippen LogP contribution >= 0.6 is 0 Å². The molecule has 0 radical (unpaired) electrons. The zero-order chi connectivity index (χ0) is 31.8. The number of rotatable bonds is 5. The van der Waals surface area contributed by atoms with Gasteiger partial charge in [0.15, 0.2) is 0 Å². The van der Waals surface area contributed by atoms with Gasteiger partial charge in [0.25, 0.3) is 0 Å². The summed E-state index contributed by atoms with van der Waals surface area (Å²) < 4.78 is 0. The molecule has 0 N–H and O–H groups in total. The quantitative estimate of drug-likeness (QED) is 0.198. The van der Waals surface area contributed by atoms with Gasteiger partial charge in [0.2, 0.25) is 0 Å². The third-order valence-electron chi connectivity index (χ3n) is 9.45. The zero-order valence-electron chi connectivity index (χ0n) is 25.6. The second-order valence-electron chi connectivity index (χ2n) is 11.9. The van der Waals surface area contributed by atoms with E-state index < -0.39 is 5.41 Å². The van der Waals surface area contributed by atoms with Crippen LogP contribution in [0.15, 0.2) is 170 Å². The molecule has 0 fully saturated rings. The average molecular weight is 597 g/mol. The lowest BCUT2D eigenvalue weighted by Crippen LogP contribution is -2.28. The maximum absolute atomic E-state index is 10.5. The van der Waals surface area contributed by atoms with Crippen LogP contribution < -0.4 is 0 Å². The first-order valence-electron chi connectivity index (χ1n) is 15.7. The molecule has 0 aromatic heterocycles. The molecule has 0 saturated heterocycles. The largest absolute Gasteiger partial charge is 0.192 e. The minimum Gasteiger partial charge on any atom is -0.192 e. The van der Waals surface area contributed by atoms with Crippen molar-refractivity contribution >= 4 is 0 Å². The molecule has 1 aliphatic carbocycles. The lowest BCUT2D eigenvalue weighted by Gasteiger charge is -2.34. The fourth-order valence-corrected chi connectivity index (χ4v) is 7.43. The topological polar surface area (TPSA) is 47.6 Å². The van der Waals surface area contributed by atoms with Gasteiger partial charge in [0, 0.05) is 16.7 Å². The molecule has 218 valence electrons. The molecule has 1 aliphatic rings. The maximum atomic E-state index is 10.5. The molecule has 7 aromatic rings. The van der Waals surface area contributed by atoms with Crippen molar-refractivity contribution in [3.05, 3.63) is 203 Å². The van der Waals surface area contributed by atoms with Crippen LogP contribution in [0.25, 0.3) is 44.5 Å². The molecule has 0 bridgehead atoms. The van der Waals surface area contributed by atoms with E-state index in [0.29, 0.717) is 11.1 Å². The van der Waals surface area contributed by atoms with Gasteiger partial charge < -0.3 is 0 Å². The summed E-state index contributed by atoms with van der Waals surface area (Å²) in [5, 5.41) is 20.8. The fourth-order valence-electron chi connectivity index (χ4n) is 7.43. The molecule has 0 amide bonds. The Hall–Kier alpha value is -6.48. The minimum atomic E-state index is -0.632. The third kappa shape index (κ3) is 4.39. The molecule has 0 atom stereocenters. The molecular weight excluding hydrogens is 569 g/mol. The van der Waals surface area contributed by atoms with E-state index in [1.54, 1.807) is 0 Å².